The van der Waals surface area contributed by atoms with Crippen LogP contribution in [0.1, 0.15) is 32.6 Å². The van der Waals surface area contributed by atoms with Gasteiger partial charge in [-0.3, -0.25) is 0 Å². The van der Waals surface area contributed by atoms with Crippen molar-refractivity contribution in [2.45, 2.75) is 12.5 Å². The number of carbonyl (C=O) groups excluding carboxylic acids is 2. The molecule has 0 fully saturated rings. The topological polar surface area (TPSA) is 108 Å². The third-order valence-electron chi connectivity index (χ3n) is 4.25. The number of halogens is 3. The Morgan fingerprint density at radius 3 is 1.65 bits per heavy atom. The molecule has 8 nitrogen and oxygen atoms in total. The summed E-state index contributed by atoms with van der Waals surface area (Å²) in [5.41, 5.74) is 0. The molecule has 0 bridgehead atoms. The first-order valence-electron chi connectivity index (χ1n) is 10.5. The quantitative estimate of drug-likeness (QED) is 0.127. The lowest BCUT2D eigenvalue weighted by atomic mass is 10.3. The van der Waals surface area contributed by atoms with Crippen LogP contribution in [0.3, 0.4) is 0 Å². The SMILES string of the molecule is COC(=O)c1ccc(CCl)o1.COC(=O)c1ccc(COc2ccc(I)cc2)o1.Oc1ccc(I)cc1. The van der Waals surface area contributed by atoms with E-state index >= 15 is 0 Å². The first-order chi connectivity index (χ1) is 17.7. The van der Waals surface area contributed by atoms with Crippen LogP contribution in [-0.2, 0) is 22.0 Å². The van der Waals surface area contributed by atoms with Crippen molar-refractivity contribution < 1.29 is 37.7 Å². The second kappa shape index (κ2) is 16.2. The van der Waals surface area contributed by atoms with Gasteiger partial charge in [-0.05, 0) is 118 Å². The number of phenolic OH excluding ortho intramolecular Hbond substituents is 1. The molecule has 0 spiro atoms. The summed E-state index contributed by atoms with van der Waals surface area (Å²) in [7, 11) is 2.61. The minimum Gasteiger partial charge on any atom is -0.508 e. The third kappa shape index (κ3) is 11.1. The van der Waals surface area contributed by atoms with E-state index in [1.54, 1.807) is 30.3 Å². The van der Waals surface area contributed by atoms with Crippen LogP contribution in [0.25, 0.3) is 0 Å². The average molecular weight is 753 g/mol. The minimum absolute atomic E-state index is 0.179. The smallest absolute Gasteiger partial charge is 0.373 e. The molecule has 2 aromatic heterocycles. The Balaban J connectivity index is 0.000000215. The first-order valence-corrected chi connectivity index (χ1v) is 13.2. The maximum atomic E-state index is 11.2. The number of ether oxygens (including phenoxy) is 3. The van der Waals surface area contributed by atoms with Crippen molar-refractivity contribution in [2.24, 2.45) is 0 Å². The molecule has 0 aliphatic carbocycles. The van der Waals surface area contributed by atoms with Crippen LogP contribution in [0.4, 0.5) is 0 Å². The maximum Gasteiger partial charge on any atom is 0.373 e. The molecular formula is C26H23ClI2O8. The second-order valence-corrected chi connectivity index (χ2v) is 9.63. The Hall–Kier alpha value is -2.71. The zero-order chi connectivity index (χ0) is 27.2. The number of aromatic hydroxyl groups is 1. The third-order valence-corrected chi connectivity index (χ3v) is 5.95. The van der Waals surface area contributed by atoms with Gasteiger partial charge in [0, 0.05) is 7.14 Å². The molecule has 2 aromatic carbocycles. The van der Waals surface area contributed by atoms with Crippen molar-refractivity contribution in [3.8, 4) is 11.5 Å². The number of hydrogen-bond donors (Lipinski definition) is 1. The van der Waals surface area contributed by atoms with E-state index in [1.165, 1.54) is 20.3 Å². The molecule has 0 saturated heterocycles. The zero-order valence-corrected chi connectivity index (χ0v) is 24.9. The van der Waals surface area contributed by atoms with Gasteiger partial charge < -0.3 is 28.2 Å². The molecule has 0 saturated carbocycles. The number of rotatable bonds is 6. The Labute approximate surface area is 246 Å². The molecule has 196 valence electrons. The van der Waals surface area contributed by atoms with E-state index in [-0.39, 0.29) is 24.0 Å². The number of carbonyl (C=O) groups is 2. The van der Waals surface area contributed by atoms with Crippen LogP contribution in [0.15, 0.2) is 81.6 Å². The summed E-state index contributed by atoms with van der Waals surface area (Å²) in [6, 6.07) is 21.2. The molecule has 4 aromatic rings. The molecule has 0 unspecified atom stereocenters. The zero-order valence-electron chi connectivity index (χ0n) is 19.8. The molecule has 0 amide bonds. The highest BCUT2D eigenvalue weighted by molar-refractivity contribution is 14.1. The van der Waals surface area contributed by atoms with Crippen LogP contribution in [0, 0.1) is 7.14 Å². The fraction of sp³-hybridized carbons (Fsp3) is 0.154. The Kier molecular flexibility index (Phi) is 13.4. The standard InChI is InChI=1S/C13H11IO4.C7H7ClO3.C6H5IO/c1-16-13(15)12-7-6-11(18-12)8-17-10-4-2-9(14)3-5-10;1-10-7(9)6-3-2-5(4-8)11-6;7-5-1-3-6(8)4-2-5/h2-7H,8H2,1H3;2-3H,4H2,1H3;1-4,8H. The fourth-order valence-electron chi connectivity index (χ4n) is 2.45. The summed E-state index contributed by atoms with van der Waals surface area (Å²) in [6.07, 6.45) is 0. The Morgan fingerprint density at radius 2 is 1.22 bits per heavy atom. The number of methoxy groups -OCH3 is 2. The van der Waals surface area contributed by atoms with Crippen LogP contribution in [0.5, 0.6) is 11.5 Å². The van der Waals surface area contributed by atoms with E-state index in [9.17, 15) is 9.59 Å². The van der Waals surface area contributed by atoms with Gasteiger partial charge in [-0.1, -0.05) is 0 Å². The van der Waals surface area contributed by atoms with E-state index in [0.717, 1.165) is 12.9 Å². The molecular weight excluding hydrogens is 730 g/mol. The van der Waals surface area contributed by atoms with Gasteiger partial charge in [-0.25, -0.2) is 9.59 Å². The predicted molar refractivity (Wildman–Crippen MR) is 154 cm³/mol. The molecule has 0 radical (unpaired) electrons. The van der Waals surface area contributed by atoms with Gasteiger partial charge in [0.2, 0.25) is 11.5 Å². The van der Waals surface area contributed by atoms with Gasteiger partial charge in [0.25, 0.3) is 0 Å². The summed E-state index contributed by atoms with van der Waals surface area (Å²) in [5, 5.41) is 8.75. The summed E-state index contributed by atoms with van der Waals surface area (Å²) >= 11 is 9.85. The van der Waals surface area contributed by atoms with Gasteiger partial charge in [-0.15, -0.1) is 11.6 Å². The average Bonchev–Trinajstić information content (AvgIpc) is 3.60. The van der Waals surface area contributed by atoms with Gasteiger partial charge in [0.05, 0.1) is 20.1 Å². The van der Waals surface area contributed by atoms with Gasteiger partial charge in [0.1, 0.15) is 29.6 Å². The second-order valence-electron chi connectivity index (χ2n) is 6.87. The predicted octanol–water partition coefficient (Wildman–Crippen LogP) is 7.05. The van der Waals surface area contributed by atoms with Crippen LogP contribution >= 0.6 is 56.8 Å². The van der Waals surface area contributed by atoms with E-state index in [0.29, 0.717) is 17.3 Å². The molecule has 1 N–H and O–H groups in total. The molecule has 37 heavy (non-hydrogen) atoms. The number of esters is 2. The summed E-state index contributed by atoms with van der Waals surface area (Å²) in [6.45, 7) is 0.275. The van der Waals surface area contributed by atoms with E-state index < -0.39 is 11.9 Å². The summed E-state index contributed by atoms with van der Waals surface area (Å²) in [5.74, 6) is 1.87. The van der Waals surface area contributed by atoms with Crippen LogP contribution in [-0.4, -0.2) is 31.3 Å². The molecule has 0 aliphatic rings. The van der Waals surface area contributed by atoms with Crippen LogP contribution < -0.4 is 4.74 Å². The van der Waals surface area contributed by atoms with E-state index in [4.69, 9.17) is 30.3 Å². The van der Waals surface area contributed by atoms with E-state index in [2.05, 4.69) is 54.7 Å². The normalized spacial score (nSPS) is 9.76. The Bertz CT molecular complexity index is 1230. The molecule has 4 rings (SSSR count). The van der Waals surface area contributed by atoms with Crippen molar-refractivity contribution in [2.75, 3.05) is 14.2 Å². The van der Waals surface area contributed by atoms with Crippen LogP contribution in [0.2, 0.25) is 0 Å². The van der Waals surface area contributed by atoms with Crippen molar-refractivity contribution >= 4 is 68.7 Å². The number of hydrogen-bond acceptors (Lipinski definition) is 8. The molecule has 0 aliphatic heterocycles. The molecule has 11 heteroatoms. The lowest BCUT2D eigenvalue weighted by Crippen LogP contribution is -1.99. The summed E-state index contributed by atoms with van der Waals surface area (Å²) < 4.78 is 27.0. The van der Waals surface area contributed by atoms with Gasteiger partial charge in [-0.2, -0.15) is 0 Å². The number of phenols is 1. The number of benzene rings is 2. The number of furan rings is 2. The van der Waals surface area contributed by atoms with Crippen molar-refractivity contribution in [3.05, 3.63) is 103 Å². The lowest BCUT2D eigenvalue weighted by molar-refractivity contribution is 0.0554. The highest BCUT2D eigenvalue weighted by Gasteiger charge is 2.11. The highest BCUT2D eigenvalue weighted by atomic mass is 127. The highest BCUT2D eigenvalue weighted by Crippen LogP contribution is 2.17. The van der Waals surface area contributed by atoms with Crippen molar-refractivity contribution in [3.63, 3.8) is 0 Å². The van der Waals surface area contributed by atoms with E-state index in [1.807, 2.05) is 36.4 Å². The Morgan fingerprint density at radius 1 is 0.757 bits per heavy atom. The number of alkyl halides is 1. The largest absolute Gasteiger partial charge is 0.508 e. The monoisotopic (exact) mass is 752 g/mol. The van der Waals surface area contributed by atoms with Gasteiger partial charge >= 0.3 is 11.9 Å². The molecule has 2 heterocycles. The fourth-order valence-corrected chi connectivity index (χ4v) is 3.31. The summed E-state index contributed by atoms with van der Waals surface area (Å²) in [4.78, 5) is 22.0. The first kappa shape index (κ1) is 30.5. The minimum atomic E-state index is -0.490. The lowest BCUT2D eigenvalue weighted by Gasteiger charge is -2.03. The van der Waals surface area contributed by atoms with Crippen molar-refractivity contribution in [1.82, 2.24) is 0 Å². The maximum absolute atomic E-state index is 11.2. The molecule has 0 atom stereocenters. The van der Waals surface area contributed by atoms with Crippen molar-refractivity contribution in [1.29, 1.82) is 0 Å². The van der Waals surface area contributed by atoms with Gasteiger partial charge in [0.15, 0.2) is 0 Å².